The van der Waals surface area contributed by atoms with Crippen LogP contribution in [0.3, 0.4) is 0 Å². The van der Waals surface area contributed by atoms with Gasteiger partial charge >= 0.3 is 0 Å². The molecule has 0 spiro atoms. The predicted octanol–water partition coefficient (Wildman–Crippen LogP) is 10.4. The van der Waals surface area contributed by atoms with Crippen molar-refractivity contribution in [2.75, 3.05) is 0 Å². The van der Waals surface area contributed by atoms with E-state index in [4.69, 9.17) is 4.42 Å². The predicted molar refractivity (Wildman–Crippen MR) is 164 cm³/mol. The van der Waals surface area contributed by atoms with Crippen LogP contribution in [0, 0.1) is 6.92 Å². The van der Waals surface area contributed by atoms with Crippen LogP contribution >= 0.6 is 0 Å². The lowest BCUT2D eigenvalue weighted by Gasteiger charge is -2.05. The van der Waals surface area contributed by atoms with E-state index in [2.05, 4.69) is 127 Å². The Kier molecular flexibility index (Phi) is 4.02. The number of para-hydroxylation sites is 1. The molecule has 0 amide bonds. The zero-order valence-electron chi connectivity index (χ0n) is 21.4. The maximum absolute atomic E-state index is 6.60. The molecule has 182 valence electrons. The Bertz CT molecular complexity index is 2370. The van der Waals surface area contributed by atoms with Gasteiger partial charge in [-0.1, -0.05) is 96.6 Å². The Labute approximate surface area is 224 Å². The monoisotopic (exact) mass is 497 g/mol. The average Bonchev–Trinajstić information content (AvgIpc) is 3.64. The van der Waals surface area contributed by atoms with E-state index in [1.54, 1.807) is 0 Å². The van der Waals surface area contributed by atoms with Gasteiger partial charge in [-0.2, -0.15) is 0 Å². The maximum Gasteiger partial charge on any atom is 0.160 e. The lowest BCUT2D eigenvalue weighted by atomic mass is 9.97. The van der Waals surface area contributed by atoms with Gasteiger partial charge in [0.2, 0.25) is 0 Å². The molecule has 0 aliphatic heterocycles. The van der Waals surface area contributed by atoms with Crippen molar-refractivity contribution >= 4 is 60.0 Å². The van der Waals surface area contributed by atoms with Gasteiger partial charge in [-0.15, -0.1) is 0 Å². The van der Waals surface area contributed by atoms with Crippen LogP contribution in [0.5, 0.6) is 0 Å². The fourth-order valence-corrected chi connectivity index (χ4v) is 6.52. The van der Waals surface area contributed by atoms with Crippen molar-refractivity contribution in [2.24, 2.45) is 0 Å². The number of nitrogens with zero attached hydrogens (tertiary/aromatic N) is 1. The van der Waals surface area contributed by atoms with Crippen LogP contribution in [0.15, 0.2) is 126 Å². The number of aromatic nitrogens is 1. The molecule has 0 saturated carbocycles. The fourth-order valence-electron chi connectivity index (χ4n) is 6.52. The summed E-state index contributed by atoms with van der Waals surface area (Å²) in [6.07, 6.45) is 0. The van der Waals surface area contributed by atoms with Gasteiger partial charge in [0.05, 0.1) is 16.6 Å². The zero-order valence-corrected chi connectivity index (χ0v) is 21.4. The summed E-state index contributed by atoms with van der Waals surface area (Å²) >= 11 is 0. The second-order valence-corrected chi connectivity index (χ2v) is 10.7. The highest BCUT2D eigenvalue weighted by Gasteiger charge is 2.22. The molecule has 0 fully saturated rings. The van der Waals surface area contributed by atoms with E-state index < -0.39 is 0 Å². The molecule has 9 rings (SSSR count). The van der Waals surface area contributed by atoms with Gasteiger partial charge in [0.25, 0.3) is 0 Å². The molecule has 0 radical (unpaired) electrons. The topological polar surface area (TPSA) is 17.6 Å². The van der Waals surface area contributed by atoms with Gasteiger partial charge in [0, 0.05) is 32.3 Å². The molecule has 2 heteroatoms. The Balaban J connectivity index is 1.50. The minimum atomic E-state index is 0.926. The molecule has 0 aliphatic carbocycles. The van der Waals surface area contributed by atoms with E-state index >= 15 is 0 Å². The van der Waals surface area contributed by atoms with Crippen LogP contribution in [-0.2, 0) is 0 Å². The van der Waals surface area contributed by atoms with Crippen molar-refractivity contribution in [3.05, 3.63) is 127 Å². The minimum Gasteiger partial charge on any atom is -0.454 e. The fraction of sp³-hybridized carbons (Fsp3) is 0.0270. The molecular weight excluding hydrogens is 474 g/mol. The van der Waals surface area contributed by atoms with Crippen molar-refractivity contribution in [1.82, 2.24) is 4.40 Å². The number of hydrogen-bond acceptors (Lipinski definition) is 1. The van der Waals surface area contributed by atoms with Gasteiger partial charge in [0.1, 0.15) is 5.58 Å². The van der Waals surface area contributed by atoms with Crippen molar-refractivity contribution in [1.29, 1.82) is 0 Å². The lowest BCUT2D eigenvalue weighted by molar-refractivity contribution is 0.671. The van der Waals surface area contributed by atoms with Crippen molar-refractivity contribution in [3.63, 3.8) is 0 Å². The van der Waals surface area contributed by atoms with E-state index in [0.29, 0.717) is 0 Å². The summed E-state index contributed by atoms with van der Waals surface area (Å²) in [4.78, 5) is 0. The second-order valence-electron chi connectivity index (χ2n) is 10.7. The van der Waals surface area contributed by atoms with Crippen molar-refractivity contribution in [2.45, 2.75) is 6.92 Å². The molecule has 0 aliphatic rings. The largest absolute Gasteiger partial charge is 0.454 e. The number of fused-ring (bicyclic) bond motifs is 10. The molecule has 9 aromatic rings. The SMILES string of the molecule is Cc1ccc(-c2cc3c4ccc(-c5ccccc5)cc4n4c3c(c2)c2ccc3c5ccccc5oc3c24)cc1. The molecule has 2 nitrogen and oxygen atoms in total. The normalized spacial score (nSPS) is 12.2. The van der Waals surface area contributed by atoms with Crippen LogP contribution in [0.1, 0.15) is 5.56 Å². The van der Waals surface area contributed by atoms with Gasteiger partial charge in [0.15, 0.2) is 5.58 Å². The van der Waals surface area contributed by atoms with Crippen molar-refractivity contribution < 1.29 is 4.42 Å². The summed E-state index contributed by atoms with van der Waals surface area (Å²) in [6.45, 7) is 2.14. The summed E-state index contributed by atoms with van der Waals surface area (Å²) < 4.78 is 9.05. The van der Waals surface area contributed by atoms with Gasteiger partial charge in [-0.05, 0) is 59.5 Å². The Morgan fingerprint density at radius 2 is 1.13 bits per heavy atom. The Morgan fingerprint density at radius 3 is 1.97 bits per heavy atom. The maximum atomic E-state index is 6.60. The first-order chi connectivity index (χ1) is 19.2. The highest BCUT2D eigenvalue weighted by Crippen LogP contribution is 2.45. The quantitative estimate of drug-likeness (QED) is 0.232. The highest BCUT2D eigenvalue weighted by molar-refractivity contribution is 6.29. The van der Waals surface area contributed by atoms with Crippen LogP contribution in [0.4, 0.5) is 0 Å². The van der Waals surface area contributed by atoms with Crippen LogP contribution in [0.2, 0.25) is 0 Å². The molecule has 0 unspecified atom stereocenters. The number of hydrogen-bond donors (Lipinski definition) is 0. The molecule has 6 aromatic carbocycles. The third kappa shape index (κ3) is 2.81. The van der Waals surface area contributed by atoms with Gasteiger partial charge in [-0.25, -0.2) is 0 Å². The number of aryl methyl sites for hydroxylation is 1. The van der Waals surface area contributed by atoms with Gasteiger partial charge in [-0.3, -0.25) is 0 Å². The smallest absolute Gasteiger partial charge is 0.160 e. The lowest BCUT2D eigenvalue weighted by Crippen LogP contribution is -1.83. The first-order valence-electron chi connectivity index (χ1n) is 13.4. The molecular formula is C37H23NO. The minimum absolute atomic E-state index is 0.926. The third-order valence-electron chi connectivity index (χ3n) is 8.39. The molecule has 39 heavy (non-hydrogen) atoms. The summed E-state index contributed by atoms with van der Waals surface area (Å²) in [5.41, 5.74) is 11.7. The molecule has 3 aromatic heterocycles. The second kappa shape index (κ2) is 7.49. The van der Waals surface area contributed by atoms with Crippen LogP contribution in [-0.4, -0.2) is 4.40 Å². The molecule has 3 heterocycles. The molecule has 0 saturated heterocycles. The molecule has 0 bridgehead atoms. The third-order valence-corrected chi connectivity index (χ3v) is 8.39. The summed E-state index contributed by atoms with van der Waals surface area (Å²) in [6, 6.07) is 44.0. The Hall–Kier alpha value is -5.08. The number of benzene rings is 6. The first-order valence-corrected chi connectivity index (χ1v) is 13.4. The van der Waals surface area contributed by atoms with E-state index in [-0.39, 0.29) is 0 Å². The standard InChI is InChI=1S/C37H23NO/c1-22-11-13-24(14-12-22)26-19-31-27-16-15-25(23-7-3-2-4-8-23)21-33(27)38-35(31)32(20-26)29-17-18-30-28-9-5-6-10-34(28)39-37(30)36(29)38/h2-21H,1H3. The zero-order chi connectivity index (χ0) is 25.7. The van der Waals surface area contributed by atoms with E-state index in [9.17, 15) is 0 Å². The summed E-state index contributed by atoms with van der Waals surface area (Å²) in [5, 5.41) is 7.34. The average molecular weight is 498 g/mol. The highest BCUT2D eigenvalue weighted by atomic mass is 16.3. The number of furan rings is 1. The van der Waals surface area contributed by atoms with Crippen LogP contribution < -0.4 is 0 Å². The summed E-state index contributed by atoms with van der Waals surface area (Å²) in [7, 11) is 0. The number of rotatable bonds is 2. The van der Waals surface area contributed by atoms with E-state index in [0.717, 1.165) is 27.5 Å². The molecule has 0 N–H and O–H groups in total. The van der Waals surface area contributed by atoms with Crippen molar-refractivity contribution in [3.8, 4) is 22.3 Å². The van der Waals surface area contributed by atoms with Gasteiger partial charge < -0.3 is 8.82 Å². The van der Waals surface area contributed by atoms with E-state index in [1.165, 1.54) is 60.4 Å². The Morgan fingerprint density at radius 1 is 0.462 bits per heavy atom. The first kappa shape index (κ1) is 20.9. The molecule has 0 atom stereocenters. The summed E-state index contributed by atoms with van der Waals surface area (Å²) in [5.74, 6) is 0. The van der Waals surface area contributed by atoms with Crippen LogP contribution in [0.25, 0.3) is 82.3 Å². The van der Waals surface area contributed by atoms with E-state index in [1.807, 2.05) is 6.07 Å².